The maximum atomic E-state index is 11.7. The molecule has 1 aromatic carbocycles. The first-order valence-corrected chi connectivity index (χ1v) is 6.87. The number of esters is 2. The van der Waals surface area contributed by atoms with Gasteiger partial charge in [-0.05, 0) is 32.4 Å². The summed E-state index contributed by atoms with van der Waals surface area (Å²) in [4.78, 5) is 23.4. The van der Waals surface area contributed by atoms with Gasteiger partial charge in [0.05, 0.1) is 13.2 Å². The molecule has 0 radical (unpaired) electrons. The molecule has 0 heterocycles. The van der Waals surface area contributed by atoms with Gasteiger partial charge in [0, 0.05) is 0 Å². The zero-order chi connectivity index (χ0) is 15.7. The van der Waals surface area contributed by atoms with Crippen LogP contribution in [0.25, 0.3) is 6.08 Å². The van der Waals surface area contributed by atoms with Crippen molar-refractivity contribution in [3.05, 3.63) is 53.1 Å². The standard InChI is InChI=1S/C17H20O4/c1-4-20-16(18)15(17(19)21-5-2)8-6-7-14-11-9-13(3)10-12-14/h6-12H,4-5H2,1-3H3/b7-6+. The molecule has 0 aromatic heterocycles. The maximum absolute atomic E-state index is 11.7. The van der Waals surface area contributed by atoms with E-state index in [0.29, 0.717) is 0 Å². The molecule has 0 aliphatic rings. The van der Waals surface area contributed by atoms with Crippen molar-refractivity contribution in [2.24, 2.45) is 0 Å². The van der Waals surface area contributed by atoms with Crippen molar-refractivity contribution in [1.82, 2.24) is 0 Å². The summed E-state index contributed by atoms with van der Waals surface area (Å²) in [7, 11) is 0. The third-order valence-electron chi connectivity index (χ3n) is 2.62. The molecule has 0 saturated heterocycles. The van der Waals surface area contributed by atoms with E-state index in [1.54, 1.807) is 26.0 Å². The van der Waals surface area contributed by atoms with Gasteiger partial charge in [-0.25, -0.2) is 9.59 Å². The van der Waals surface area contributed by atoms with E-state index in [-0.39, 0.29) is 18.8 Å². The number of aryl methyl sites for hydroxylation is 1. The fourth-order valence-corrected chi connectivity index (χ4v) is 1.57. The number of hydrogen-bond acceptors (Lipinski definition) is 4. The summed E-state index contributed by atoms with van der Waals surface area (Å²) in [6.07, 6.45) is 4.85. The SMILES string of the molecule is CCOC(=O)C(=C/C=C/c1ccc(C)cc1)C(=O)OCC. The number of ether oxygens (including phenoxy) is 2. The second kappa shape index (κ2) is 8.74. The van der Waals surface area contributed by atoms with Crippen LogP contribution >= 0.6 is 0 Å². The predicted octanol–water partition coefficient (Wildman–Crippen LogP) is 3.06. The highest BCUT2D eigenvalue weighted by atomic mass is 16.6. The van der Waals surface area contributed by atoms with Crippen LogP contribution in [0.4, 0.5) is 0 Å². The zero-order valence-electron chi connectivity index (χ0n) is 12.6. The van der Waals surface area contributed by atoms with E-state index in [4.69, 9.17) is 9.47 Å². The van der Waals surface area contributed by atoms with Gasteiger partial charge in [0.25, 0.3) is 0 Å². The number of carbonyl (C=O) groups is 2. The first kappa shape index (κ1) is 16.7. The lowest BCUT2D eigenvalue weighted by Gasteiger charge is -2.05. The minimum absolute atomic E-state index is 0.109. The van der Waals surface area contributed by atoms with Gasteiger partial charge >= 0.3 is 11.9 Å². The molecular formula is C17H20O4. The van der Waals surface area contributed by atoms with Crippen molar-refractivity contribution in [3.8, 4) is 0 Å². The molecule has 0 amide bonds. The Balaban J connectivity index is 2.88. The van der Waals surface area contributed by atoms with Gasteiger partial charge in [0.2, 0.25) is 0 Å². The highest BCUT2D eigenvalue weighted by Gasteiger charge is 2.19. The Morgan fingerprint density at radius 2 is 1.52 bits per heavy atom. The molecule has 0 saturated carbocycles. The molecule has 0 N–H and O–H groups in total. The van der Waals surface area contributed by atoms with Crippen LogP contribution in [0.3, 0.4) is 0 Å². The molecule has 112 valence electrons. The Morgan fingerprint density at radius 3 is 2.00 bits per heavy atom. The first-order valence-electron chi connectivity index (χ1n) is 6.87. The second-order valence-corrected chi connectivity index (χ2v) is 4.29. The van der Waals surface area contributed by atoms with Crippen molar-refractivity contribution >= 4 is 18.0 Å². The molecule has 0 unspecified atom stereocenters. The van der Waals surface area contributed by atoms with E-state index in [2.05, 4.69) is 0 Å². The van der Waals surface area contributed by atoms with Crippen molar-refractivity contribution in [2.45, 2.75) is 20.8 Å². The maximum Gasteiger partial charge on any atom is 0.345 e. The average Bonchev–Trinajstić information content (AvgIpc) is 2.46. The summed E-state index contributed by atoms with van der Waals surface area (Å²) in [6.45, 7) is 5.78. The minimum Gasteiger partial charge on any atom is -0.462 e. The summed E-state index contributed by atoms with van der Waals surface area (Å²) in [5, 5.41) is 0. The van der Waals surface area contributed by atoms with Gasteiger partial charge in [-0.2, -0.15) is 0 Å². The Labute approximate surface area is 125 Å². The number of allylic oxidation sites excluding steroid dienone is 2. The molecule has 4 heteroatoms. The van der Waals surface area contributed by atoms with Crippen LogP contribution in [0.5, 0.6) is 0 Å². The normalized spacial score (nSPS) is 10.2. The highest BCUT2D eigenvalue weighted by Crippen LogP contribution is 2.07. The van der Waals surface area contributed by atoms with E-state index in [1.807, 2.05) is 31.2 Å². The van der Waals surface area contributed by atoms with Gasteiger partial charge < -0.3 is 9.47 Å². The quantitative estimate of drug-likeness (QED) is 0.265. The lowest BCUT2D eigenvalue weighted by Crippen LogP contribution is -2.18. The third-order valence-corrected chi connectivity index (χ3v) is 2.62. The van der Waals surface area contributed by atoms with Gasteiger partial charge in [-0.1, -0.05) is 42.0 Å². The molecule has 4 nitrogen and oxygen atoms in total. The topological polar surface area (TPSA) is 52.6 Å². The minimum atomic E-state index is -0.676. The summed E-state index contributed by atoms with van der Waals surface area (Å²) in [5.74, 6) is -1.35. The van der Waals surface area contributed by atoms with Gasteiger partial charge in [-0.15, -0.1) is 0 Å². The summed E-state index contributed by atoms with van der Waals surface area (Å²) < 4.78 is 9.70. The largest absolute Gasteiger partial charge is 0.462 e. The highest BCUT2D eigenvalue weighted by molar-refractivity contribution is 6.14. The zero-order valence-corrected chi connectivity index (χ0v) is 12.6. The van der Waals surface area contributed by atoms with Crippen LogP contribution in [0.2, 0.25) is 0 Å². The molecule has 1 aromatic rings. The average molecular weight is 288 g/mol. The van der Waals surface area contributed by atoms with E-state index in [1.165, 1.54) is 11.6 Å². The molecule has 0 aliphatic carbocycles. The number of hydrogen-bond donors (Lipinski definition) is 0. The lowest BCUT2D eigenvalue weighted by atomic mass is 10.1. The van der Waals surface area contributed by atoms with Crippen molar-refractivity contribution in [3.63, 3.8) is 0 Å². The monoisotopic (exact) mass is 288 g/mol. The number of rotatable bonds is 6. The summed E-state index contributed by atoms with van der Waals surface area (Å²) in [6, 6.07) is 7.88. The van der Waals surface area contributed by atoms with E-state index < -0.39 is 11.9 Å². The van der Waals surface area contributed by atoms with Crippen LogP contribution in [-0.2, 0) is 19.1 Å². The molecule has 0 spiro atoms. The Morgan fingerprint density at radius 1 is 1.00 bits per heavy atom. The lowest BCUT2D eigenvalue weighted by molar-refractivity contribution is -0.146. The van der Waals surface area contributed by atoms with Crippen LogP contribution in [0, 0.1) is 6.92 Å². The summed E-state index contributed by atoms with van der Waals surface area (Å²) in [5.41, 5.74) is 2.03. The fourth-order valence-electron chi connectivity index (χ4n) is 1.57. The summed E-state index contributed by atoms with van der Waals surface area (Å²) >= 11 is 0. The predicted molar refractivity (Wildman–Crippen MR) is 81.6 cm³/mol. The molecule has 1 rings (SSSR count). The van der Waals surface area contributed by atoms with Crippen molar-refractivity contribution < 1.29 is 19.1 Å². The molecule has 0 atom stereocenters. The van der Waals surface area contributed by atoms with Crippen LogP contribution in [0.15, 0.2) is 42.0 Å². The van der Waals surface area contributed by atoms with Gasteiger partial charge in [0.15, 0.2) is 0 Å². The second-order valence-electron chi connectivity index (χ2n) is 4.29. The first-order chi connectivity index (χ1) is 10.1. The van der Waals surface area contributed by atoms with Crippen LogP contribution in [0.1, 0.15) is 25.0 Å². The van der Waals surface area contributed by atoms with Crippen LogP contribution in [-0.4, -0.2) is 25.2 Å². The molecule has 21 heavy (non-hydrogen) atoms. The number of benzene rings is 1. The Hall–Kier alpha value is -2.36. The Kier molecular flexibility index (Phi) is 6.95. The van der Waals surface area contributed by atoms with E-state index in [9.17, 15) is 9.59 Å². The third kappa shape index (κ3) is 5.65. The molecular weight excluding hydrogens is 268 g/mol. The van der Waals surface area contributed by atoms with E-state index >= 15 is 0 Å². The van der Waals surface area contributed by atoms with Crippen molar-refractivity contribution in [2.75, 3.05) is 13.2 Å². The molecule has 0 bridgehead atoms. The smallest absolute Gasteiger partial charge is 0.345 e. The van der Waals surface area contributed by atoms with E-state index in [0.717, 1.165) is 5.56 Å². The molecule has 0 fully saturated rings. The van der Waals surface area contributed by atoms with Crippen molar-refractivity contribution in [1.29, 1.82) is 0 Å². The molecule has 0 aliphatic heterocycles. The number of carbonyl (C=O) groups excluding carboxylic acids is 2. The van der Waals surface area contributed by atoms with Crippen LogP contribution < -0.4 is 0 Å². The Bertz CT molecular complexity index is 518. The van der Waals surface area contributed by atoms with Gasteiger partial charge in [-0.3, -0.25) is 0 Å². The van der Waals surface area contributed by atoms with Gasteiger partial charge in [0.1, 0.15) is 5.57 Å². The fraction of sp³-hybridized carbons (Fsp3) is 0.294.